The van der Waals surface area contributed by atoms with Gasteiger partial charge in [0.1, 0.15) is 5.82 Å². The summed E-state index contributed by atoms with van der Waals surface area (Å²) in [5.74, 6) is 2.22. The van der Waals surface area contributed by atoms with Crippen LogP contribution in [-0.2, 0) is 0 Å². The van der Waals surface area contributed by atoms with E-state index in [4.69, 9.17) is 4.99 Å². The maximum atomic E-state index is 13.2. The monoisotopic (exact) mass is 381 g/mol. The third-order valence-corrected chi connectivity index (χ3v) is 4.88. The molecular formula is C20H24FN7. The Morgan fingerprint density at radius 2 is 2.07 bits per heavy atom. The minimum absolute atomic E-state index is 0.158. The number of aliphatic imine (C=N–C) groups is 2. The summed E-state index contributed by atoms with van der Waals surface area (Å²) in [4.78, 5) is 9.40. The minimum atomic E-state index is -0.256. The summed E-state index contributed by atoms with van der Waals surface area (Å²) in [5.41, 5.74) is 6.13. The molecule has 0 bridgehead atoms. The largest absolute Gasteiger partial charge is 0.308 e. The third-order valence-electron chi connectivity index (χ3n) is 4.88. The number of hydrazine groups is 1. The van der Waals surface area contributed by atoms with E-state index in [-0.39, 0.29) is 11.9 Å². The number of anilines is 1. The first-order chi connectivity index (χ1) is 13.5. The number of likely N-dealkylation sites (N-methyl/N-ethyl adjacent to an activating group) is 1. The predicted molar refractivity (Wildman–Crippen MR) is 109 cm³/mol. The van der Waals surface area contributed by atoms with Crippen molar-refractivity contribution in [2.75, 3.05) is 12.4 Å². The average molecular weight is 381 g/mol. The molecule has 1 atom stereocenters. The van der Waals surface area contributed by atoms with E-state index in [0.717, 1.165) is 22.8 Å². The van der Waals surface area contributed by atoms with Crippen molar-refractivity contribution in [3.8, 4) is 0 Å². The zero-order valence-electron chi connectivity index (χ0n) is 16.2. The van der Waals surface area contributed by atoms with Gasteiger partial charge in [-0.3, -0.25) is 20.5 Å². The Balaban J connectivity index is 1.58. The van der Waals surface area contributed by atoms with Crippen molar-refractivity contribution in [1.82, 2.24) is 20.6 Å². The number of hydrogen-bond acceptors (Lipinski definition) is 5. The third kappa shape index (κ3) is 3.90. The van der Waals surface area contributed by atoms with E-state index < -0.39 is 0 Å². The van der Waals surface area contributed by atoms with E-state index >= 15 is 0 Å². The molecule has 28 heavy (non-hydrogen) atoms. The lowest BCUT2D eigenvalue weighted by atomic mass is 10.1. The van der Waals surface area contributed by atoms with Gasteiger partial charge in [0.25, 0.3) is 0 Å². The van der Waals surface area contributed by atoms with Crippen molar-refractivity contribution < 1.29 is 4.39 Å². The Bertz CT molecular complexity index is 938. The second-order valence-corrected chi connectivity index (χ2v) is 7.09. The molecule has 2 aromatic rings. The van der Waals surface area contributed by atoms with Crippen LogP contribution < -0.4 is 10.7 Å². The Hall–Kier alpha value is -3.16. The van der Waals surface area contributed by atoms with Crippen molar-refractivity contribution in [2.45, 2.75) is 38.6 Å². The molecule has 1 aromatic carbocycles. The van der Waals surface area contributed by atoms with E-state index in [1.807, 2.05) is 38.0 Å². The normalized spacial score (nSPS) is 20.9. The van der Waals surface area contributed by atoms with Crippen LogP contribution in [0.3, 0.4) is 0 Å². The quantitative estimate of drug-likeness (QED) is 0.754. The molecule has 0 amide bonds. The van der Waals surface area contributed by atoms with Gasteiger partial charge in [-0.05, 0) is 44.4 Å². The molecule has 0 spiro atoms. The van der Waals surface area contributed by atoms with Gasteiger partial charge < -0.3 is 5.32 Å². The Labute approximate surface area is 163 Å². The van der Waals surface area contributed by atoms with E-state index in [1.165, 1.54) is 25.0 Å². The van der Waals surface area contributed by atoms with Crippen molar-refractivity contribution in [2.24, 2.45) is 9.98 Å². The van der Waals surface area contributed by atoms with Crippen LogP contribution in [0.1, 0.15) is 49.9 Å². The number of guanidine groups is 1. The second kappa shape index (κ2) is 7.46. The number of hydrogen-bond donors (Lipinski definition) is 3. The number of rotatable bonds is 4. The maximum absolute atomic E-state index is 13.2. The van der Waals surface area contributed by atoms with Crippen LogP contribution in [-0.4, -0.2) is 34.0 Å². The fraction of sp³-hybridized carbons (Fsp3) is 0.350. The highest BCUT2D eigenvalue weighted by Gasteiger charge is 2.26. The summed E-state index contributed by atoms with van der Waals surface area (Å²) in [6.07, 6.45) is 4.38. The molecule has 1 saturated carbocycles. The van der Waals surface area contributed by atoms with Gasteiger partial charge in [0, 0.05) is 24.7 Å². The zero-order chi connectivity index (χ0) is 19.7. The van der Waals surface area contributed by atoms with E-state index in [1.54, 1.807) is 12.1 Å². The number of H-pyrrole nitrogens is 1. The van der Waals surface area contributed by atoms with Crippen LogP contribution in [0, 0.1) is 5.82 Å². The fourth-order valence-corrected chi connectivity index (χ4v) is 3.16. The SMILES string of the molecule is C/C=C1/C(=N[C@@H](C)c2ccc(F)cc2)N=C(Nc2cc(C3CC3)[nH]n2)NN1C. The molecule has 1 aliphatic carbocycles. The lowest BCUT2D eigenvalue weighted by molar-refractivity contribution is 0.382. The minimum Gasteiger partial charge on any atom is -0.308 e. The van der Waals surface area contributed by atoms with Gasteiger partial charge in [0.15, 0.2) is 11.7 Å². The molecule has 7 nitrogen and oxygen atoms in total. The summed E-state index contributed by atoms with van der Waals surface area (Å²) in [5, 5.41) is 12.5. The summed E-state index contributed by atoms with van der Waals surface area (Å²) in [6.45, 7) is 3.91. The van der Waals surface area contributed by atoms with Crippen molar-refractivity contribution in [3.05, 3.63) is 59.2 Å². The van der Waals surface area contributed by atoms with Crippen LogP contribution >= 0.6 is 0 Å². The fourth-order valence-electron chi connectivity index (χ4n) is 3.16. The molecule has 146 valence electrons. The highest BCUT2D eigenvalue weighted by atomic mass is 19.1. The molecule has 1 aromatic heterocycles. The molecule has 1 aliphatic heterocycles. The molecule has 8 heteroatoms. The van der Waals surface area contributed by atoms with Crippen molar-refractivity contribution in [1.29, 1.82) is 0 Å². The number of halogens is 1. The highest BCUT2D eigenvalue weighted by Crippen LogP contribution is 2.39. The van der Waals surface area contributed by atoms with E-state index in [0.29, 0.717) is 17.7 Å². The van der Waals surface area contributed by atoms with Crippen molar-refractivity contribution in [3.63, 3.8) is 0 Å². The summed E-state index contributed by atoms with van der Waals surface area (Å²) >= 11 is 0. The number of allylic oxidation sites excluding steroid dienone is 1. The summed E-state index contributed by atoms with van der Waals surface area (Å²) < 4.78 is 13.2. The number of amidine groups is 1. The van der Waals surface area contributed by atoms with Gasteiger partial charge in [-0.1, -0.05) is 18.2 Å². The van der Waals surface area contributed by atoms with Gasteiger partial charge in [0.05, 0.1) is 11.7 Å². The summed E-state index contributed by atoms with van der Waals surface area (Å²) in [7, 11) is 1.91. The smallest absolute Gasteiger partial charge is 0.223 e. The van der Waals surface area contributed by atoms with E-state index in [2.05, 4.69) is 25.9 Å². The molecule has 0 radical (unpaired) electrons. The number of aromatic nitrogens is 2. The second-order valence-electron chi connectivity index (χ2n) is 7.09. The number of aromatic amines is 1. The van der Waals surface area contributed by atoms with Crippen LogP contribution in [0.25, 0.3) is 0 Å². The van der Waals surface area contributed by atoms with Crippen LogP contribution in [0.4, 0.5) is 10.2 Å². The summed E-state index contributed by atoms with van der Waals surface area (Å²) in [6, 6.07) is 8.25. The molecule has 0 saturated heterocycles. The molecule has 0 unspecified atom stereocenters. The van der Waals surface area contributed by atoms with Gasteiger partial charge in [0.2, 0.25) is 5.96 Å². The molecule has 3 N–H and O–H groups in total. The first kappa shape index (κ1) is 18.2. The molecular weight excluding hydrogens is 357 g/mol. The Kier molecular flexibility index (Phi) is 4.85. The van der Waals surface area contributed by atoms with Crippen LogP contribution in [0.15, 0.2) is 52.1 Å². The molecule has 2 heterocycles. The topological polar surface area (TPSA) is 80.7 Å². The zero-order valence-corrected chi connectivity index (χ0v) is 16.2. The van der Waals surface area contributed by atoms with E-state index in [9.17, 15) is 4.39 Å². The van der Waals surface area contributed by atoms with Crippen LogP contribution in [0.2, 0.25) is 0 Å². The van der Waals surface area contributed by atoms with Gasteiger partial charge >= 0.3 is 0 Å². The first-order valence-electron chi connectivity index (χ1n) is 9.45. The first-order valence-corrected chi connectivity index (χ1v) is 9.45. The molecule has 4 rings (SSSR count). The lowest BCUT2D eigenvalue weighted by Crippen LogP contribution is -2.48. The van der Waals surface area contributed by atoms with Gasteiger partial charge in [-0.2, -0.15) is 10.1 Å². The standard InChI is InChI=1S/C20H24FN7/c1-4-17-19(22-12(2)13-7-9-15(21)10-8-13)24-20(27-28(17)3)23-18-11-16(25-26-18)14-5-6-14/h4,7-12,14H,5-6H2,1-3H3,(H3,22,23,24,25,26,27)/b17-4-/t12-/m0/s1. The van der Waals surface area contributed by atoms with Crippen LogP contribution in [0.5, 0.6) is 0 Å². The number of nitrogens with zero attached hydrogens (tertiary/aromatic N) is 4. The van der Waals surface area contributed by atoms with Gasteiger partial charge in [-0.15, -0.1) is 0 Å². The van der Waals surface area contributed by atoms with Crippen molar-refractivity contribution >= 4 is 17.6 Å². The molecule has 1 fully saturated rings. The highest BCUT2D eigenvalue weighted by molar-refractivity contribution is 6.10. The number of benzene rings is 1. The predicted octanol–water partition coefficient (Wildman–Crippen LogP) is 3.71. The average Bonchev–Trinajstić information content (AvgIpc) is 3.42. The Morgan fingerprint density at radius 3 is 2.75 bits per heavy atom. The number of nitrogens with one attached hydrogen (secondary N) is 3. The van der Waals surface area contributed by atoms with Gasteiger partial charge in [-0.25, -0.2) is 4.39 Å². The lowest BCUT2D eigenvalue weighted by Gasteiger charge is -2.29. The Morgan fingerprint density at radius 1 is 1.32 bits per heavy atom. The molecule has 2 aliphatic rings. The maximum Gasteiger partial charge on any atom is 0.223 e.